The molecule has 6 nitrogen and oxygen atoms in total. The Kier molecular flexibility index (Phi) is 7.38. The quantitative estimate of drug-likeness (QED) is 0.713. The van der Waals surface area contributed by atoms with Crippen LogP contribution in [-0.4, -0.2) is 45.1 Å². The lowest BCUT2D eigenvalue weighted by Crippen LogP contribution is -2.41. The van der Waals surface area contributed by atoms with Crippen molar-refractivity contribution in [2.45, 2.75) is 19.4 Å². The highest BCUT2D eigenvalue weighted by molar-refractivity contribution is 7.88. The summed E-state index contributed by atoms with van der Waals surface area (Å²) in [5, 5.41) is 2.85. The average Bonchev–Trinajstić information content (AvgIpc) is 2.65. The van der Waals surface area contributed by atoms with Crippen LogP contribution in [0.4, 0.5) is 0 Å². The summed E-state index contributed by atoms with van der Waals surface area (Å²) in [7, 11) is -1.89. The second-order valence-corrected chi connectivity index (χ2v) is 8.38. The molecule has 0 saturated heterocycles. The molecule has 146 valence electrons. The summed E-state index contributed by atoms with van der Waals surface area (Å²) < 4.78 is 30.4. The van der Waals surface area contributed by atoms with Gasteiger partial charge in [-0.25, -0.2) is 8.42 Å². The molecule has 0 aliphatic heterocycles. The van der Waals surface area contributed by atoms with E-state index in [-0.39, 0.29) is 25.0 Å². The van der Waals surface area contributed by atoms with Gasteiger partial charge < -0.3 is 10.1 Å². The van der Waals surface area contributed by atoms with Crippen molar-refractivity contribution in [2.24, 2.45) is 0 Å². The molecule has 1 atom stereocenters. The van der Waals surface area contributed by atoms with Crippen molar-refractivity contribution in [3.05, 3.63) is 65.7 Å². The number of hydrogen-bond acceptors (Lipinski definition) is 4. The molecule has 27 heavy (non-hydrogen) atoms. The van der Waals surface area contributed by atoms with Crippen LogP contribution in [0, 0.1) is 0 Å². The second-order valence-electron chi connectivity index (χ2n) is 6.39. The lowest BCUT2D eigenvalue weighted by Gasteiger charge is -2.21. The second kappa shape index (κ2) is 9.53. The number of rotatable bonds is 9. The smallest absolute Gasteiger partial charge is 0.235 e. The van der Waals surface area contributed by atoms with Crippen LogP contribution in [0.25, 0.3) is 0 Å². The van der Waals surface area contributed by atoms with E-state index in [0.717, 1.165) is 23.1 Å². The zero-order valence-electron chi connectivity index (χ0n) is 15.9. The molecule has 0 fully saturated rings. The highest BCUT2D eigenvalue weighted by Gasteiger charge is 2.21. The van der Waals surface area contributed by atoms with Crippen LogP contribution in [0.1, 0.15) is 24.1 Å². The van der Waals surface area contributed by atoms with Crippen LogP contribution in [0.15, 0.2) is 54.6 Å². The minimum Gasteiger partial charge on any atom is -0.497 e. The summed E-state index contributed by atoms with van der Waals surface area (Å²) >= 11 is 0. The third-order valence-electron chi connectivity index (χ3n) is 4.27. The van der Waals surface area contributed by atoms with Crippen LogP contribution < -0.4 is 10.1 Å². The number of hydrogen-bond donors (Lipinski definition) is 1. The van der Waals surface area contributed by atoms with Gasteiger partial charge in [-0.2, -0.15) is 4.31 Å². The molecule has 0 bridgehead atoms. The molecule has 2 rings (SSSR count). The molecule has 2 aromatic carbocycles. The molecule has 0 spiro atoms. The fourth-order valence-corrected chi connectivity index (χ4v) is 3.46. The van der Waals surface area contributed by atoms with Crippen LogP contribution in [0.2, 0.25) is 0 Å². The summed E-state index contributed by atoms with van der Waals surface area (Å²) in [6, 6.07) is 16.7. The number of carbonyl (C=O) groups is 1. The number of carbonyl (C=O) groups excluding carboxylic acids is 1. The Bertz CT molecular complexity index is 836. The molecule has 0 aliphatic rings. The van der Waals surface area contributed by atoms with Gasteiger partial charge >= 0.3 is 0 Å². The van der Waals surface area contributed by atoms with Gasteiger partial charge in [0.2, 0.25) is 15.9 Å². The molecule has 0 aromatic heterocycles. The molecular formula is C20H26N2O4S. The Hall–Kier alpha value is -2.38. The normalized spacial score (nSPS) is 12.6. The van der Waals surface area contributed by atoms with E-state index in [9.17, 15) is 13.2 Å². The van der Waals surface area contributed by atoms with Gasteiger partial charge in [-0.15, -0.1) is 0 Å². The molecule has 1 amide bonds. The Labute approximate surface area is 161 Å². The lowest BCUT2D eigenvalue weighted by atomic mass is 10.1. The number of sulfonamides is 1. The number of benzene rings is 2. The highest BCUT2D eigenvalue weighted by atomic mass is 32.2. The number of amides is 1. The van der Waals surface area contributed by atoms with E-state index in [2.05, 4.69) is 5.32 Å². The number of nitrogens with zero attached hydrogens (tertiary/aromatic N) is 1. The molecule has 0 heterocycles. The summed E-state index contributed by atoms with van der Waals surface area (Å²) in [6.45, 7) is 1.91. The van der Waals surface area contributed by atoms with Crippen molar-refractivity contribution in [2.75, 3.05) is 26.5 Å². The summed E-state index contributed by atoms with van der Waals surface area (Å²) in [5.74, 6) is 0.401. The fourth-order valence-electron chi connectivity index (χ4n) is 2.68. The highest BCUT2D eigenvalue weighted by Crippen LogP contribution is 2.17. The van der Waals surface area contributed by atoms with Gasteiger partial charge in [-0.05, 0) is 36.6 Å². The molecular weight excluding hydrogens is 364 g/mol. The minimum atomic E-state index is -3.48. The van der Waals surface area contributed by atoms with Gasteiger partial charge in [-0.1, -0.05) is 42.5 Å². The van der Waals surface area contributed by atoms with Gasteiger partial charge in [0.1, 0.15) is 5.75 Å². The number of nitrogens with one attached hydrogen (secondary N) is 1. The van der Waals surface area contributed by atoms with Crippen LogP contribution in [0.3, 0.4) is 0 Å². The standard InChI is InChI=1S/C20H26N2O4S/c1-16(18-9-11-19(26-2)12-10-18)21-20(23)15-22(27(3,24)25)14-13-17-7-5-4-6-8-17/h4-12,16H,13-15H2,1-3H3,(H,21,23)/t16-/m1/s1. The Morgan fingerprint density at radius 1 is 1.11 bits per heavy atom. The molecule has 2 aromatic rings. The van der Waals surface area contributed by atoms with Crippen LogP contribution >= 0.6 is 0 Å². The van der Waals surface area contributed by atoms with Gasteiger partial charge in [0.15, 0.2) is 0 Å². The zero-order chi connectivity index (χ0) is 19.9. The molecule has 0 radical (unpaired) electrons. The maximum Gasteiger partial charge on any atom is 0.235 e. The Morgan fingerprint density at radius 2 is 1.74 bits per heavy atom. The van der Waals surface area contributed by atoms with Crippen molar-refractivity contribution >= 4 is 15.9 Å². The molecule has 0 saturated carbocycles. The number of methoxy groups -OCH3 is 1. The average molecular weight is 391 g/mol. The fraction of sp³-hybridized carbons (Fsp3) is 0.350. The molecule has 0 aliphatic carbocycles. The van der Waals surface area contributed by atoms with Crippen LogP contribution in [-0.2, 0) is 21.2 Å². The first-order valence-electron chi connectivity index (χ1n) is 8.72. The van der Waals surface area contributed by atoms with E-state index in [4.69, 9.17) is 4.74 Å². The predicted molar refractivity (Wildman–Crippen MR) is 106 cm³/mol. The monoisotopic (exact) mass is 390 g/mol. The molecule has 1 N–H and O–H groups in total. The van der Waals surface area contributed by atoms with E-state index in [1.807, 2.05) is 61.5 Å². The first kappa shape index (κ1) is 20.9. The maximum atomic E-state index is 12.4. The topological polar surface area (TPSA) is 75.7 Å². The van der Waals surface area contributed by atoms with Crippen molar-refractivity contribution in [3.63, 3.8) is 0 Å². The summed E-state index contributed by atoms with van der Waals surface area (Å²) in [6.07, 6.45) is 1.67. The van der Waals surface area contributed by atoms with Crippen LogP contribution in [0.5, 0.6) is 5.75 Å². The van der Waals surface area contributed by atoms with Crippen molar-refractivity contribution in [1.82, 2.24) is 9.62 Å². The lowest BCUT2D eigenvalue weighted by molar-refractivity contribution is -0.121. The van der Waals surface area contributed by atoms with E-state index in [1.54, 1.807) is 7.11 Å². The van der Waals surface area contributed by atoms with Gasteiger partial charge in [0.05, 0.1) is 26.0 Å². The van der Waals surface area contributed by atoms with Crippen molar-refractivity contribution < 1.29 is 17.9 Å². The van der Waals surface area contributed by atoms with Crippen molar-refractivity contribution in [3.8, 4) is 5.75 Å². The predicted octanol–water partition coefficient (Wildman–Crippen LogP) is 2.38. The number of ether oxygens (including phenoxy) is 1. The maximum absolute atomic E-state index is 12.4. The third kappa shape index (κ3) is 6.69. The van der Waals surface area contributed by atoms with Crippen molar-refractivity contribution in [1.29, 1.82) is 0 Å². The summed E-state index contributed by atoms with van der Waals surface area (Å²) in [4.78, 5) is 12.4. The SMILES string of the molecule is COc1ccc([C@@H](C)NC(=O)CN(CCc2ccccc2)S(C)(=O)=O)cc1. The van der Waals surface area contributed by atoms with Gasteiger partial charge in [0, 0.05) is 6.54 Å². The van der Waals surface area contributed by atoms with E-state index < -0.39 is 10.0 Å². The first-order chi connectivity index (χ1) is 12.8. The Balaban J connectivity index is 1.96. The minimum absolute atomic E-state index is 0.202. The third-order valence-corrected chi connectivity index (χ3v) is 5.52. The first-order valence-corrected chi connectivity index (χ1v) is 10.6. The summed E-state index contributed by atoms with van der Waals surface area (Å²) in [5.41, 5.74) is 1.94. The molecule has 7 heteroatoms. The van der Waals surface area contributed by atoms with E-state index in [0.29, 0.717) is 6.42 Å². The van der Waals surface area contributed by atoms with Gasteiger partial charge in [0.25, 0.3) is 0 Å². The molecule has 0 unspecified atom stereocenters. The zero-order valence-corrected chi connectivity index (χ0v) is 16.7. The van der Waals surface area contributed by atoms with E-state index >= 15 is 0 Å². The van der Waals surface area contributed by atoms with Gasteiger partial charge in [-0.3, -0.25) is 4.79 Å². The Morgan fingerprint density at radius 3 is 2.30 bits per heavy atom. The van der Waals surface area contributed by atoms with E-state index in [1.165, 1.54) is 4.31 Å². The largest absolute Gasteiger partial charge is 0.497 e.